The second-order valence-corrected chi connectivity index (χ2v) is 8.69. The van der Waals surface area contributed by atoms with Crippen molar-refractivity contribution in [1.29, 1.82) is 0 Å². The predicted molar refractivity (Wildman–Crippen MR) is 102 cm³/mol. The SMILES string of the molecule is COc1ccc(C(=O)Nc2ccc(C)cc2)cc1S(=O)(=O)NC(C)(C)C. The van der Waals surface area contributed by atoms with Crippen molar-refractivity contribution < 1.29 is 17.9 Å². The van der Waals surface area contributed by atoms with E-state index in [4.69, 9.17) is 4.74 Å². The second-order valence-electron chi connectivity index (χ2n) is 7.04. The molecular weight excluding hydrogens is 352 g/mol. The van der Waals surface area contributed by atoms with Crippen molar-refractivity contribution in [2.75, 3.05) is 12.4 Å². The standard InChI is InChI=1S/C19H24N2O4S/c1-13-6-9-15(10-7-13)20-18(22)14-8-11-16(25-5)17(12-14)26(23,24)21-19(2,3)4/h6-12,21H,1-5H3,(H,20,22). The Morgan fingerprint density at radius 1 is 1.04 bits per heavy atom. The lowest BCUT2D eigenvalue weighted by Crippen LogP contribution is -2.40. The van der Waals surface area contributed by atoms with E-state index in [9.17, 15) is 13.2 Å². The first-order valence-electron chi connectivity index (χ1n) is 8.12. The van der Waals surface area contributed by atoms with Gasteiger partial charge in [-0.3, -0.25) is 4.79 Å². The van der Waals surface area contributed by atoms with Crippen LogP contribution in [0.1, 0.15) is 36.7 Å². The van der Waals surface area contributed by atoms with Crippen LogP contribution in [-0.4, -0.2) is 27.0 Å². The lowest BCUT2D eigenvalue weighted by Gasteiger charge is -2.21. The Balaban J connectivity index is 2.36. The summed E-state index contributed by atoms with van der Waals surface area (Å²) < 4.78 is 33.1. The van der Waals surface area contributed by atoms with Gasteiger partial charge in [-0.2, -0.15) is 0 Å². The first-order valence-corrected chi connectivity index (χ1v) is 9.60. The van der Waals surface area contributed by atoms with Gasteiger partial charge in [-0.05, 0) is 58.0 Å². The van der Waals surface area contributed by atoms with Gasteiger partial charge >= 0.3 is 0 Å². The summed E-state index contributed by atoms with van der Waals surface area (Å²) >= 11 is 0. The largest absolute Gasteiger partial charge is 0.495 e. The van der Waals surface area contributed by atoms with E-state index in [-0.39, 0.29) is 16.2 Å². The van der Waals surface area contributed by atoms with Gasteiger partial charge in [0.2, 0.25) is 10.0 Å². The van der Waals surface area contributed by atoms with Crippen molar-refractivity contribution in [2.24, 2.45) is 0 Å². The molecule has 6 nitrogen and oxygen atoms in total. The van der Waals surface area contributed by atoms with Crippen LogP contribution >= 0.6 is 0 Å². The van der Waals surface area contributed by atoms with Crippen molar-refractivity contribution >= 4 is 21.6 Å². The molecular formula is C19H24N2O4S. The summed E-state index contributed by atoms with van der Waals surface area (Å²) in [5.41, 5.74) is 1.27. The molecule has 0 aliphatic carbocycles. The lowest BCUT2D eigenvalue weighted by atomic mass is 10.1. The van der Waals surface area contributed by atoms with Gasteiger partial charge in [0.05, 0.1) is 7.11 Å². The summed E-state index contributed by atoms with van der Waals surface area (Å²) in [5.74, 6) is -0.225. The molecule has 0 saturated carbocycles. The summed E-state index contributed by atoms with van der Waals surface area (Å²) in [5, 5.41) is 2.75. The fraction of sp³-hybridized carbons (Fsp3) is 0.316. The van der Waals surface area contributed by atoms with Gasteiger partial charge in [-0.1, -0.05) is 17.7 Å². The average molecular weight is 376 g/mol. The van der Waals surface area contributed by atoms with E-state index in [1.54, 1.807) is 32.9 Å². The normalized spacial score (nSPS) is 11.9. The minimum atomic E-state index is -3.85. The van der Waals surface area contributed by atoms with Crippen molar-refractivity contribution in [3.05, 3.63) is 53.6 Å². The minimum absolute atomic E-state index is 0.0773. The number of nitrogens with one attached hydrogen (secondary N) is 2. The number of hydrogen-bond donors (Lipinski definition) is 2. The Morgan fingerprint density at radius 2 is 1.65 bits per heavy atom. The maximum atomic E-state index is 12.7. The van der Waals surface area contributed by atoms with E-state index in [0.717, 1.165) is 5.56 Å². The molecule has 0 saturated heterocycles. The molecule has 2 N–H and O–H groups in total. The van der Waals surface area contributed by atoms with Crippen molar-refractivity contribution in [2.45, 2.75) is 38.1 Å². The molecule has 0 heterocycles. The fourth-order valence-electron chi connectivity index (χ4n) is 2.33. The number of ether oxygens (including phenoxy) is 1. The van der Waals surface area contributed by atoms with Gasteiger partial charge in [0, 0.05) is 16.8 Å². The van der Waals surface area contributed by atoms with E-state index >= 15 is 0 Å². The smallest absolute Gasteiger partial charge is 0.255 e. The third kappa shape index (κ3) is 5.06. The molecule has 0 atom stereocenters. The summed E-state index contributed by atoms with van der Waals surface area (Å²) in [4.78, 5) is 12.4. The van der Waals surface area contributed by atoms with E-state index in [1.807, 2.05) is 19.1 Å². The summed E-state index contributed by atoms with van der Waals surface area (Å²) in [7, 11) is -2.46. The van der Waals surface area contributed by atoms with Crippen LogP contribution in [0.25, 0.3) is 0 Å². The molecule has 0 fully saturated rings. The Morgan fingerprint density at radius 3 is 2.19 bits per heavy atom. The van der Waals surface area contributed by atoms with E-state index in [2.05, 4.69) is 10.0 Å². The van der Waals surface area contributed by atoms with Gasteiger partial charge in [-0.25, -0.2) is 13.1 Å². The third-order valence-electron chi connectivity index (χ3n) is 3.47. The number of aryl methyl sites for hydroxylation is 1. The predicted octanol–water partition coefficient (Wildman–Crippen LogP) is 3.33. The Bertz CT molecular complexity index is 898. The molecule has 0 unspecified atom stereocenters. The molecule has 0 bridgehead atoms. The summed E-state index contributed by atoms with van der Waals surface area (Å²) in [6.07, 6.45) is 0. The lowest BCUT2D eigenvalue weighted by molar-refractivity contribution is 0.102. The molecule has 2 rings (SSSR count). The number of sulfonamides is 1. The summed E-state index contributed by atoms with van der Waals surface area (Å²) in [6.45, 7) is 7.18. The zero-order chi connectivity index (χ0) is 19.5. The highest BCUT2D eigenvalue weighted by atomic mass is 32.2. The number of benzene rings is 2. The maximum absolute atomic E-state index is 12.7. The van der Waals surface area contributed by atoms with Crippen molar-refractivity contribution in [3.8, 4) is 5.75 Å². The van der Waals surface area contributed by atoms with Gasteiger partial charge < -0.3 is 10.1 Å². The van der Waals surface area contributed by atoms with Crippen LogP contribution < -0.4 is 14.8 Å². The fourth-order valence-corrected chi connectivity index (χ4v) is 3.94. The highest BCUT2D eigenvalue weighted by Gasteiger charge is 2.26. The Labute approximate surface area is 154 Å². The van der Waals surface area contributed by atoms with Crippen LogP contribution in [0.3, 0.4) is 0 Å². The summed E-state index contributed by atoms with van der Waals surface area (Å²) in [6, 6.07) is 11.7. The van der Waals surface area contributed by atoms with Crippen molar-refractivity contribution in [3.63, 3.8) is 0 Å². The Hall–Kier alpha value is -2.38. The molecule has 0 aliphatic rings. The van der Waals surface area contributed by atoms with Crippen LogP contribution in [0.5, 0.6) is 5.75 Å². The number of anilines is 1. The van der Waals surface area contributed by atoms with Gasteiger partial charge in [-0.15, -0.1) is 0 Å². The van der Waals surface area contributed by atoms with Crippen LogP contribution in [0, 0.1) is 6.92 Å². The average Bonchev–Trinajstić information content (AvgIpc) is 2.54. The van der Waals surface area contributed by atoms with E-state index < -0.39 is 21.5 Å². The van der Waals surface area contributed by atoms with Gasteiger partial charge in [0.1, 0.15) is 10.6 Å². The number of carbonyl (C=O) groups is 1. The van der Waals surface area contributed by atoms with Crippen molar-refractivity contribution in [1.82, 2.24) is 4.72 Å². The Kier molecular flexibility index (Phi) is 5.73. The monoisotopic (exact) mass is 376 g/mol. The van der Waals surface area contributed by atoms with Gasteiger partial charge in [0.15, 0.2) is 0 Å². The number of rotatable bonds is 5. The number of hydrogen-bond acceptors (Lipinski definition) is 4. The highest BCUT2D eigenvalue weighted by Crippen LogP contribution is 2.26. The molecule has 140 valence electrons. The van der Waals surface area contributed by atoms with E-state index in [0.29, 0.717) is 5.69 Å². The molecule has 0 spiro atoms. The molecule has 0 radical (unpaired) electrons. The third-order valence-corrected chi connectivity index (χ3v) is 5.24. The molecule has 26 heavy (non-hydrogen) atoms. The van der Waals surface area contributed by atoms with Crippen LogP contribution in [0.2, 0.25) is 0 Å². The maximum Gasteiger partial charge on any atom is 0.255 e. The second kappa shape index (κ2) is 7.47. The number of methoxy groups -OCH3 is 1. The zero-order valence-corrected chi connectivity index (χ0v) is 16.4. The highest BCUT2D eigenvalue weighted by molar-refractivity contribution is 7.89. The first-order chi connectivity index (χ1) is 12.0. The molecule has 2 aromatic rings. The van der Waals surface area contributed by atoms with Crippen LogP contribution in [0.4, 0.5) is 5.69 Å². The molecule has 0 aliphatic heterocycles. The molecule has 1 amide bonds. The molecule has 0 aromatic heterocycles. The number of amides is 1. The molecule has 2 aromatic carbocycles. The van der Waals surface area contributed by atoms with Crippen LogP contribution in [-0.2, 0) is 10.0 Å². The van der Waals surface area contributed by atoms with E-state index in [1.165, 1.54) is 25.3 Å². The van der Waals surface area contributed by atoms with Crippen LogP contribution in [0.15, 0.2) is 47.4 Å². The molecule has 7 heteroatoms. The zero-order valence-electron chi connectivity index (χ0n) is 15.6. The van der Waals surface area contributed by atoms with Gasteiger partial charge in [0.25, 0.3) is 5.91 Å². The number of carbonyl (C=O) groups excluding carboxylic acids is 1. The first kappa shape index (κ1) is 19.9. The minimum Gasteiger partial charge on any atom is -0.495 e. The topological polar surface area (TPSA) is 84.5 Å². The quantitative estimate of drug-likeness (QED) is 0.838.